The second-order valence-corrected chi connectivity index (χ2v) is 2.96. The summed E-state index contributed by atoms with van der Waals surface area (Å²) in [7, 11) is 0. The first-order valence-corrected chi connectivity index (χ1v) is 4.13. The van der Waals surface area contributed by atoms with E-state index in [0.717, 1.165) is 12.3 Å². The average molecular weight is 216 g/mol. The van der Waals surface area contributed by atoms with Gasteiger partial charge in [-0.15, -0.1) is 0 Å². The van der Waals surface area contributed by atoms with Crippen LogP contribution in [0.25, 0.3) is 0 Å². The van der Waals surface area contributed by atoms with Crippen molar-refractivity contribution in [1.82, 2.24) is 4.57 Å². The molecule has 0 amide bonds. The Morgan fingerprint density at radius 3 is 2.87 bits per heavy atom. The summed E-state index contributed by atoms with van der Waals surface area (Å²) >= 11 is 0. The van der Waals surface area contributed by atoms with Crippen molar-refractivity contribution in [1.29, 1.82) is 0 Å². The summed E-state index contributed by atoms with van der Waals surface area (Å²) in [6, 6.07) is 1.00. The number of nitrogens with zero attached hydrogens (tertiary/aromatic N) is 2. The van der Waals surface area contributed by atoms with Gasteiger partial charge in [-0.3, -0.25) is 14.9 Å². The Hall–Kier alpha value is -1.76. The monoisotopic (exact) mass is 216 g/mol. The van der Waals surface area contributed by atoms with Crippen LogP contribution in [-0.2, 0) is 6.54 Å². The molecule has 0 aliphatic carbocycles. The number of rotatable bonds is 4. The van der Waals surface area contributed by atoms with Gasteiger partial charge < -0.3 is 9.67 Å². The van der Waals surface area contributed by atoms with Gasteiger partial charge in [-0.2, -0.15) is 0 Å². The summed E-state index contributed by atoms with van der Waals surface area (Å²) in [5, 5.41) is 19.4. The van der Waals surface area contributed by atoms with Crippen LogP contribution in [0.3, 0.4) is 0 Å². The van der Waals surface area contributed by atoms with E-state index in [2.05, 4.69) is 0 Å². The third kappa shape index (κ3) is 2.84. The van der Waals surface area contributed by atoms with Crippen LogP contribution in [0.1, 0.15) is 0 Å². The van der Waals surface area contributed by atoms with Crippen LogP contribution in [0.15, 0.2) is 23.3 Å². The number of hydrogen-bond acceptors (Lipinski definition) is 4. The number of halogens is 1. The van der Waals surface area contributed by atoms with Gasteiger partial charge in [0.25, 0.3) is 5.43 Å². The lowest BCUT2D eigenvalue weighted by Gasteiger charge is -2.08. The first-order valence-electron chi connectivity index (χ1n) is 4.13. The summed E-state index contributed by atoms with van der Waals surface area (Å²) in [5.41, 5.74) is -1.31. The smallest absolute Gasteiger partial charge is 0.332 e. The van der Waals surface area contributed by atoms with Gasteiger partial charge in [0, 0.05) is 12.3 Å². The van der Waals surface area contributed by atoms with Crippen molar-refractivity contribution >= 4 is 5.69 Å². The van der Waals surface area contributed by atoms with Gasteiger partial charge in [0.1, 0.15) is 12.8 Å². The number of aliphatic hydroxyl groups excluding tert-OH is 1. The molecule has 0 spiro atoms. The molecule has 6 nitrogen and oxygen atoms in total. The minimum Gasteiger partial charge on any atom is -0.389 e. The van der Waals surface area contributed by atoms with Crippen LogP contribution >= 0.6 is 0 Å². The molecule has 1 aromatic rings. The molecule has 0 aliphatic heterocycles. The minimum atomic E-state index is -1.23. The third-order valence-electron chi connectivity index (χ3n) is 1.75. The molecule has 0 saturated heterocycles. The van der Waals surface area contributed by atoms with E-state index >= 15 is 0 Å². The molecule has 1 N–H and O–H groups in total. The lowest BCUT2D eigenvalue weighted by molar-refractivity contribution is -0.386. The Morgan fingerprint density at radius 1 is 1.67 bits per heavy atom. The topological polar surface area (TPSA) is 85.4 Å². The van der Waals surface area contributed by atoms with Crippen LogP contribution in [0.4, 0.5) is 10.1 Å². The van der Waals surface area contributed by atoms with Crippen molar-refractivity contribution in [3.63, 3.8) is 0 Å². The summed E-state index contributed by atoms with van der Waals surface area (Å²) in [6.07, 6.45) is 1.00. The zero-order chi connectivity index (χ0) is 11.4. The number of aromatic nitrogens is 1. The molecule has 15 heavy (non-hydrogen) atoms. The van der Waals surface area contributed by atoms with Crippen molar-refractivity contribution < 1.29 is 14.4 Å². The largest absolute Gasteiger partial charge is 0.389 e. The van der Waals surface area contributed by atoms with E-state index in [1.165, 1.54) is 10.8 Å². The number of alkyl halides is 1. The van der Waals surface area contributed by atoms with E-state index in [1.54, 1.807) is 0 Å². The normalized spacial score (nSPS) is 12.4. The average Bonchev–Trinajstić information content (AvgIpc) is 2.20. The molecule has 0 fully saturated rings. The second kappa shape index (κ2) is 4.65. The maximum Gasteiger partial charge on any atom is 0.332 e. The minimum absolute atomic E-state index is 0.127. The van der Waals surface area contributed by atoms with Crippen LogP contribution in [0.5, 0.6) is 0 Å². The van der Waals surface area contributed by atoms with E-state index in [0.29, 0.717) is 0 Å². The molecular formula is C8H9FN2O4. The van der Waals surface area contributed by atoms with Crippen LogP contribution < -0.4 is 5.43 Å². The Labute approximate surface area is 83.7 Å². The first kappa shape index (κ1) is 11.3. The molecule has 7 heteroatoms. The highest BCUT2D eigenvalue weighted by Gasteiger charge is 2.12. The highest BCUT2D eigenvalue weighted by Crippen LogP contribution is 2.03. The molecule has 82 valence electrons. The second-order valence-electron chi connectivity index (χ2n) is 2.96. The number of aliphatic hydroxyl groups is 1. The molecule has 0 radical (unpaired) electrons. The molecule has 0 aliphatic rings. The fourth-order valence-corrected chi connectivity index (χ4v) is 1.06. The number of hydrogen-bond donors (Lipinski definition) is 1. The summed E-state index contributed by atoms with van der Waals surface area (Å²) in [5.74, 6) is 0. The highest BCUT2D eigenvalue weighted by atomic mass is 19.1. The molecular weight excluding hydrogens is 207 g/mol. The van der Waals surface area contributed by atoms with Crippen LogP contribution in [-0.4, -0.2) is 27.4 Å². The van der Waals surface area contributed by atoms with E-state index in [-0.39, 0.29) is 6.54 Å². The van der Waals surface area contributed by atoms with Gasteiger partial charge in [-0.25, -0.2) is 4.39 Å². The summed E-state index contributed by atoms with van der Waals surface area (Å²) in [4.78, 5) is 20.5. The Bertz CT molecular complexity index is 417. The van der Waals surface area contributed by atoms with Crippen molar-refractivity contribution in [2.24, 2.45) is 0 Å². The lowest BCUT2D eigenvalue weighted by Crippen LogP contribution is -2.19. The molecule has 0 aromatic carbocycles. The van der Waals surface area contributed by atoms with Crippen molar-refractivity contribution in [2.75, 3.05) is 6.67 Å². The van der Waals surface area contributed by atoms with Gasteiger partial charge in [-0.05, 0) is 0 Å². The molecule has 1 atom stereocenters. The lowest BCUT2D eigenvalue weighted by atomic mass is 10.3. The predicted octanol–water partition coefficient (Wildman–Crippen LogP) is 0.0869. The molecule has 1 rings (SSSR count). The number of pyridine rings is 1. The van der Waals surface area contributed by atoms with E-state index in [4.69, 9.17) is 5.11 Å². The summed E-state index contributed by atoms with van der Waals surface area (Å²) < 4.78 is 13.1. The van der Waals surface area contributed by atoms with Crippen molar-refractivity contribution in [3.8, 4) is 0 Å². The molecule has 1 aromatic heterocycles. The Kier molecular flexibility index (Phi) is 3.51. The third-order valence-corrected chi connectivity index (χ3v) is 1.75. The van der Waals surface area contributed by atoms with Crippen molar-refractivity contribution in [3.05, 3.63) is 38.8 Å². The van der Waals surface area contributed by atoms with Gasteiger partial charge >= 0.3 is 5.69 Å². The van der Waals surface area contributed by atoms with Gasteiger partial charge in [-0.1, -0.05) is 0 Å². The zero-order valence-electron chi connectivity index (χ0n) is 7.67. The maximum absolute atomic E-state index is 12.0. The van der Waals surface area contributed by atoms with Gasteiger partial charge in [0.2, 0.25) is 0 Å². The van der Waals surface area contributed by atoms with Crippen LogP contribution in [0.2, 0.25) is 0 Å². The first-order chi connectivity index (χ1) is 7.04. The maximum atomic E-state index is 12.0. The van der Waals surface area contributed by atoms with E-state index < -0.39 is 28.8 Å². The van der Waals surface area contributed by atoms with E-state index in [9.17, 15) is 19.3 Å². The molecule has 0 bridgehead atoms. The van der Waals surface area contributed by atoms with Gasteiger partial charge in [0.15, 0.2) is 0 Å². The zero-order valence-corrected chi connectivity index (χ0v) is 7.67. The predicted molar refractivity (Wildman–Crippen MR) is 49.3 cm³/mol. The fraction of sp³-hybridized carbons (Fsp3) is 0.375. The fourth-order valence-electron chi connectivity index (χ4n) is 1.06. The molecule has 1 unspecified atom stereocenters. The standard InChI is InChI=1S/C8H9FN2O4/c9-3-6(12)4-10-2-1-8(13)7(5-10)11(14)15/h1-2,5-6,12H,3-4H2. The Morgan fingerprint density at radius 2 is 2.33 bits per heavy atom. The van der Waals surface area contributed by atoms with Crippen LogP contribution in [0, 0.1) is 10.1 Å². The Balaban J connectivity index is 2.98. The quantitative estimate of drug-likeness (QED) is 0.570. The SMILES string of the molecule is O=c1ccn(CC(O)CF)cc1[N+](=O)[O-]. The summed E-state index contributed by atoms with van der Waals surface area (Å²) in [6.45, 7) is -1.07. The van der Waals surface area contributed by atoms with Crippen molar-refractivity contribution in [2.45, 2.75) is 12.6 Å². The molecule has 1 heterocycles. The molecule has 0 saturated carbocycles. The van der Waals surface area contributed by atoms with E-state index in [1.807, 2.05) is 0 Å². The van der Waals surface area contributed by atoms with Gasteiger partial charge in [0.05, 0.1) is 17.7 Å². The highest BCUT2D eigenvalue weighted by molar-refractivity contribution is 5.25. The number of nitro groups is 1.